The molecule has 2 aromatic rings. The first kappa shape index (κ1) is 14.3. The molecule has 20 heavy (non-hydrogen) atoms. The van der Waals surface area contributed by atoms with E-state index in [9.17, 15) is 9.90 Å². The van der Waals surface area contributed by atoms with E-state index >= 15 is 0 Å². The van der Waals surface area contributed by atoms with Gasteiger partial charge in [0.25, 0.3) is 0 Å². The summed E-state index contributed by atoms with van der Waals surface area (Å²) >= 11 is 0. The summed E-state index contributed by atoms with van der Waals surface area (Å²) in [5, 5.41) is 13.5. The molecular formula is C16H20N2O2. The molecule has 106 valence electrons. The quantitative estimate of drug-likeness (QED) is 0.846. The molecule has 1 unspecified atom stereocenters. The Morgan fingerprint density at radius 3 is 2.75 bits per heavy atom. The number of carboxylic acid groups (broad SMARTS) is 1. The standard InChI is InChI=1S/C16H20N2O2/c1-11(2)9-12(16(19)20)10-18-15-7-8-17-14-6-4-3-5-13(14)15/h3-8,11-12H,9-10H2,1-2H3,(H,17,18)(H,19,20). The van der Waals surface area contributed by atoms with Gasteiger partial charge in [-0.3, -0.25) is 9.78 Å². The van der Waals surface area contributed by atoms with Gasteiger partial charge in [-0.1, -0.05) is 32.0 Å². The minimum absolute atomic E-state index is 0.368. The predicted molar refractivity (Wildman–Crippen MR) is 80.8 cm³/mol. The first-order valence-electron chi connectivity index (χ1n) is 6.88. The SMILES string of the molecule is CC(C)CC(CNc1ccnc2ccccc12)C(=O)O. The summed E-state index contributed by atoms with van der Waals surface area (Å²) in [7, 11) is 0. The Kier molecular flexibility index (Phi) is 4.56. The van der Waals surface area contributed by atoms with E-state index in [1.807, 2.05) is 44.2 Å². The highest BCUT2D eigenvalue weighted by atomic mass is 16.4. The minimum Gasteiger partial charge on any atom is -0.481 e. The number of fused-ring (bicyclic) bond motifs is 1. The van der Waals surface area contributed by atoms with Gasteiger partial charge in [0.05, 0.1) is 11.4 Å². The molecule has 4 nitrogen and oxygen atoms in total. The zero-order valence-electron chi connectivity index (χ0n) is 11.8. The van der Waals surface area contributed by atoms with Crippen LogP contribution >= 0.6 is 0 Å². The summed E-state index contributed by atoms with van der Waals surface area (Å²) in [4.78, 5) is 15.6. The lowest BCUT2D eigenvalue weighted by molar-refractivity contribution is -0.141. The van der Waals surface area contributed by atoms with Crippen LogP contribution in [0.5, 0.6) is 0 Å². The highest BCUT2D eigenvalue weighted by Gasteiger charge is 2.18. The molecule has 4 heteroatoms. The molecule has 0 aliphatic rings. The number of aliphatic carboxylic acids is 1. The second-order valence-electron chi connectivity index (χ2n) is 5.42. The monoisotopic (exact) mass is 272 g/mol. The van der Waals surface area contributed by atoms with E-state index in [1.165, 1.54) is 0 Å². The van der Waals surface area contributed by atoms with Gasteiger partial charge in [-0.2, -0.15) is 0 Å². The molecule has 0 amide bonds. The van der Waals surface area contributed by atoms with Gasteiger partial charge in [-0.15, -0.1) is 0 Å². The van der Waals surface area contributed by atoms with Crippen LogP contribution in [-0.2, 0) is 4.79 Å². The first-order chi connectivity index (χ1) is 9.58. The van der Waals surface area contributed by atoms with Crippen LogP contribution < -0.4 is 5.32 Å². The zero-order valence-corrected chi connectivity index (χ0v) is 11.8. The van der Waals surface area contributed by atoms with Crippen LogP contribution in [0.25, 0.3) is 10.9 Å². The van der Waals surface area contributed by atoms with Crippen molar-refractivity contribution in [3.05, 3.63) is 36.5 Å². The molecule has 1 aromatic heterocycles. The van der Waals surface area contributed by atoms with Crippen molar-refractivity contribution >= 4 is 22.6 Å². The number of nitrogens with zero attached hydrogens (tertiary/aromatic N) is 1. The molecule has 2 rings (SSSR count). The Bertz CT molecular complexity index is 591. The van der Waals surface area contributed by atoms with Gasteiger partial charge < -0.3 is 10.4 Å². The largest absolute Gasteiger partial charge is 0.481 e. The number of rotatable bonds is 6. The average Bonchev–Trinajstić information content (AvgIpc) is 2.42. The summed E-state index contributed by atoms with van der Waals surface area (Å²) in [6, 6.07) is 9.72. The number of para-hydroxylation sites is 1. The molecule has 1 heterocycles. The molecule has 1 aromatic carbocycles. The molecule has 0 spiro atoms. The van der Waals surface area contributed by atoms with Crippen molar-refractivity contribution in [2.45, 2.75) is 20.3 Å². The number of hydrogen-bond donors (Lipinski definition) is 2. The van der Waals surface area contributed by atoms with Crippen LogP contribution in [0.15, 0.2) is 36.5 Å². The van der Waals surface area contributed by atoms with Crippen molar-refractivity contribution < 1.29 is 9.90 Å². The van der Waals surface area contributed by atoms with Gasteiger partial charge in [-0.25, -0.2) is 0 Å². The van der Waals surface area contributed by atoms with Gasteiger partial charge in [0.15, 0.2) is 0 Å². The molecule has 0 saturated carbocycles. The fourth-order valence-corrected chi connectivity index (χ4v) is 2.32. The van der Waals surface area contributed by atoms with Crippen molar-refractivity contribution in [1.82, 2.24) is 4.98 Å². The normalized spacial score (nSPS) is 12.6. The Labute approximate surface area is 118 Å². The van der Waals surface area contributed by atoms with Gasteiger partial charge in [0.2, 0.25) is 0 Å². The van der Waals surface area contributed by atoms with Gasteiger partial charge in [0.1, 0.15) is 0 Å². The van der Waals surface area contributed by atoms with Crippen LogP contribution in [0, 0.1) is 11.8 Å². The molecule has 1 atom stereocenters. The number of nitrogens with one attached hydrogen (secondary N) is 1. The number of carboxylic acids is 1. The molecule has 0 bridgehead atoms. The second kappa shape index (κ2) is 6.37. The number of anilines is 1. The highest BCUT2D eigenvalue weighted by Crippen LogP contribution is 2.22. The van der Waals surface area contributed by atoms with E-state index in [-0.39, 0.29) is 5.92 Å². The third kappa shape index (κ3) is 3.47. The minimum atomic E-state index is -0.746. The van der Waals surface area contributed by atoms with Gasteiger partial charge in [-0.05, 0) is 24.5 Å². The highest BCUT2D eigenvalue weighted by molar-refractivity contribution is 5.91. The number of hydrogen-bond acceptors (Lipinski definition) is 3. The maximum atomic E-state index is 11.3. The smallest absolute Gasteiger partial charge is 0.308 e. The Morgan fingerprint density at radius 1 is 1.30 bits per heavy atom. The van der Waals surface area contributed by atoms with Crippen LogP contribution in [-0.4, -0.2) is 22.6 Å². The van der Waals surface area contributed by atoms with Crippen LogP contribution in [0.4, 0.5) is 5.69 Å². The summed E-state index contributed by atoms with van der Waals surface area (Å²) < 4.78 is 0. The Balaban J connectivity index is 2.13. The molecule has 0 aliphatic carbocycles. The fraction of sp³-hybridized carbons (Fsp3) is 0.375. The zero-order chi connectivity index (χ0) is 14.5. The molecule has 0 saturated heterocycles. The van der Waals surface area contributed by atoms with E-state index in [0.717, 1.165) is 16.6 Å². The third-order valence-corrected chi connectivity index (χ3v) is 3.29. The summed E-state index contributed by atoms with van der Waals surface area (Å²) in [5.74, 6) is -0.751. The lowest BCUT2D eigenvalue weighted by atomic mass is 9.97. The van der Waals surface area contributed by atoms with Gasteiger partial charge >= 0.3 is 5.97 Å². The maximum absolute atomic E-state index is 11.3. The van der Waals surface area contributed by atoms with E-state index < -0.39 is 5.97 Å². The van der Waals surface area contributed by atoms with Crippen LogP contribution in [0.3, 0.4) is 0 Å². The van der Waals surface area contributed by atoms with E-state index in [2.05, 4.69) is 10.3 Å². The van der Waals surface area contributed by atoms with Crippen LogP contribution in [0.2, 0.25) is 0 Å². The molecule has 0 aliphatic heterocycles. The first-order valence-corrected chi connectivity index (χ1v) is 6.88. The van der Waals surface area contributed by atoms with Crippen molar-refractivity contribution in [2.75, 3.05) is 11.9 Å². The summed E-state index contributed by atoms with van der Waals surface area (Å²) in [6.07, 6.45) is 2.41. The fourth-order valence-electron chi connectivity index (χ4n) is 2.32. The lowest BCUT2D eigenvalue weighted by Gasteiger charge is -2.17. The molecule has 0 fully saturated rings. The van der Waals surface area contributed by atoms with Crippen molar-refractivity contribution in [3.63, 3.8) is 0 Å². The number of aromatic nitrogens is 1. The summed E-state index contributed by atoms with van der Waals surface area (Å²) in [5.41, 5.74) is 1.85. The topological polar surface area (TPSA) is 62.2 Å². The van der Waals surface area contributed by atoms with E-state index in [1.54, 1.807) is 6.20 Å². The van der Waals surface area contributed by atoms with Gasteiger partial charge in [0, 0.05) is 23.8 Å². The predicted octanol–water partition coefficient (Wildman–Crippen LogP) is 3.39. The maximum Gasteiger partial charge on any atom is 0.308 e. The Morgan fingerprint density at radius 2 is 2.05 bits per heavy atom. The lowest BCUT2D eigenvalue weighted by Crippen LogP contribution is -2.24. The van der Waals surface area contributed by atoms with E-state index in [4.69, 9.17) is 0 Å². The number of pyridine rings is 1. The molecule has 0 radical (unpaired) electrons. The van der Waals surface area contributed by atoms with Crippen LogP contribution in [0.1, 0.15) is 20.3 Å². The Hall–Kier alpha value is -2.10. The number of benzene rings is 1. The molecular weight excluding hydrogens is 252 g/mol. The van der Waals surface area contributed by atoms with Crippen molar-refractivity contribution in [3.8, 4) is 0 Å². The molecule has 2 N–H and O–H groups in total. The van der Waals surface area contributed by atoms with Crippen molar-refractivity contribution in [1.29, 1.82) is 0 Å². The van der Waals surface area contributed by atoms with Crippen molar-refractivity contribution in [2.24, 2.45) is 11.8 Å². The summed E-state index contributed by atoms with van der Waals surface area (Å²) in [6.45, 7) is 4.51. The average molecular weight is 272 g/mol. The number of carbonyl (C=O) groups is 1. The van der Waals surface area contributed by atoms with E-state index in [0.29, 0.717) is 18.9 Å². The second-order valence-corrected chi connectivity index (χ2v) is 5.42. The third-order valence-electron chi connectivity index (χ3n) is 3.29.